The van der Waals surface area contributed by atoms with Crippen LogP contribution in [0.4, 0.5) is 4.79 Å². The molecule has 2 aromatic heterocycles. The van der Waals surface area contributed by atoms with E-state index in [-0.39, 0.29) is 12.5 Å². The molecular formula is C19H18ClN5O2S. The maximum atomic E-state index is 13.2. The monoisotopic (exact) mass is 415 g/mol. The van der Waals surface area contributed by atoms with E-state index in [1.165, 1.54) is 16.2 Å². The van der Waals surface area contributed by atoms with Gasteiger partial charge in [0.1, 0.15) is 10.5 Å². The van der Waals surface area contributed by atoms with Gasteiger partial charge in [-0.05, 0) is 18.6 Å². The Kier molecular flexibility index (Phi) is 4.68. The van der Waals surface area contributed by atoms with Gasteiger partial charge in [-0.15, -0.1) is 11.3 Å². The Hall–Kier alpha value is -2.71. The molecule has 0 spiro atoms. The van der Waals surface area contributed by atoms with Crippen LogP contribution in [0.3, 0.4) is 0 Å². The molecule has 4 rings (SSSR count). The molecule has 3 aromatic rings. The molecule has 1 saturated heterocycles. The molecule has 0 saturated carbocycles. The van der Waals surface area contributed by atoms with E-state index in [1.807, 2.05) is 30.5 Å². The number of amides is 3. The first-order valence-electron chi connectivity index (χ1n) is 8.76. The van der Waals surface area contributed by atoms with Crippen LogP contribution in [0.2, 0.25) is 5.02 Å². The van der Waals surface area contributed by atoms with Crippen LogP contribution in [0.25, 0.3) is 11.3 Å². The van der Waals surface area contributed by atoms with E-state index >= 15 is 0 Å². The van der Waals surface area contributed by atoms with Gasteiger partial charge >= 0.3 is 6.03 Å². The number of carbonyl (C=O) groups excluding carboxylic acids is 2. The number of benzene rings is 1. The van der Waals surface area contributed by atoms with E-state index in [2.05, 4.69) is 15.4 Å². The molecule has 3 amide bonds. The number of nitrogens with one attached hydrogen (secondary N) is 1. The first-order valence-corrected chi connectivity index (χ1v) is 10.0. The van der Waals surface area contributed by atoms with Crippen molar-refractivity contribution in [1.29, 1.82) is 0 Å². The Balaban J connectivity index is 1.59. The standard InChI is InChI=1S/C19H18ClN5O2S/c1-3-19(13-8-21-24(2)9-13)17(26)25(18(27)23-19)10-16-22-15(11-28-16)12-5-4-6-14(20)7-12/h4-9,11H,3,10H2,1-2H3,(H,23,27). The van der Waals surface area contributed by atoms with Gasteiger partial charge in [0.05, 0.1) is 18.4 Å². The second-order valence-electron chi connectivity index (χ2n) is 6.62. The fourth-order valence-electron chi connectivity index (χ4n) is 3.35. The van der Waals surface area contributed by atoms with E-state index in [1.54, 1.807) is 30.2 Å². The topological polar surface area (TPSA) is 80.1 Å². The van der Waals surface area contributed by atoms with Gasteiger partial charge in [0, 0.05) is 34.8 Å². The summed E-state index contributed by atoms with van der Waals surface area (Å²) < 4.78 is 1.62. The molecule has 1 fully saturated rings. The Bertz CT molecular complexity index is 1060. The Morgan fingerprint density at radius 1 is 1.32 bits per heavy atom. The van der Waals surface area contributed by atoms with Crippen molar-refractivity contribution in [3.05, 3.63) is 57.6 Å². The number of imide groups is 1. The Labute approximate surface area is 170 Å². The molecule has 0 aliphatic carbocycles. The number of nitrogens with zero attached hydrogens (tertiary/aromatic N) is 4. The van der Waals surface area contributed by atoms with Crippen molar-refractivity contribution in [2.45, 2.75) is 25.4 Å². The van der Waals surface area contributed by atoms with Crippen molar-refractivity contribution in [3.8, 4) is 11.3 Å². The lowest BCUT2D eigenvalue weighted by atomic mass is 9.89. The molecule has 0 bridgehead atoms. The normalized spacial score (nSPS) is 19.3. The van der Waals surface area contributed by atoms with Crippen molar-refractivity contribution < 1.29 is 9.59 Å². The van der Waals surface area contributed by atoms with E-state index < -0.39 is 11.6 Å². The summed E-state index contributed by atoms with van der Waals surface area (Å²) in [6.07, 6.45) is 3.81. The number of hydrogen-bond acceptors (Lipinski definition) is 5. The minimum atomic E-state index is -1.08. The molecule has 1 aromatic carbocycles. The van der Waals surface area contributed by atoms with Crippen LogP contribution in [-0.4, -0.2) is 31.6 Å². The van der Waals surface area contributed by atoms with E-state index in [0.717, 1.165) is 11.3 Å². The molecular weight excluding hydrogens is 398 g/mol. The third-order valence-electron chi connectivity index (χ3n) is 4.87. The lowest BCUT2D eigenvalue weighted by molar-refractivity contribution is -0.132. The highest BCUT2D eigenvalue weighted by Crippen LogP contribution is 2.33. The average Bonchev–Trinajstić information content (AvgIpc) is 3.37. The summed E-state index contributed by atoms with van der Waals surface area (Å²) in [5.41, 5.74) is 1.25. The zero-order valence-electron chi connectivity index (χ0n) is 15.3. The van der Waals surface area contributed by atoms with E-state index in [9.17, 15) is 9.59 Å². The summed E-state index contributed by atoms with van der Waals surface area (Å²) in [7, 11) is 1.78. The van der Waals surface area contributed by atoms with Crippen LogP contribution in [0, 0.1) is 0 Å². The molecule has 28 heavy (non-hydrogen) atoms. The number of halogens is 1. The number of thiazole rings is 1. The molecule has 1 unspecified atom stereocenters. The summed E-state index contributed by atoms with van der Waals surface area (Å²) in [6, 6.07) is 6.99. The number of aryl methyl sites for hydroxylation is 1. The summed E-state index contributed by atoms with van der Waals surface area (Å²) >= 11 is 7.45. The van der Waals surface area contributed by atoms with Gasteiger partial charge in [-0.25, -0.2) is 9.78 Å². The van der Waals surface area contributed by atoms with Gasteiger partial charge in [0.15, 0.2) is 0 Å². The first kappa shape index (κ1) is 18.6. The molecule has 0 radical (unpaired) electrons. The lowest BCUT2D eigenvalue weighted by Gasteiger charge is -2.23. The van der Waals surface area contributed by atoms with Crippen LogP contribution in [-0.2, 0) is 23.9 Å². The maximum absolute atomic E-state index is 13.2. The molecule has 3 heterocycles. The minimum Gasteiger partial charge on any atom is -0.319 e. The van der Waals surface area contributed by atoms with Crippen LogP contribution < -0.4 is 5.32 Å². The van der Waals surface area contributed by atoms with Crippen molar-refractivity contribution in [3.63, 3.8) is 0 Å². The zero-order chi connectivity index (χ0) is 19.9. The van der Waals surface area contributed by atoms with Crippen molar-refractivity contribution >= 4 is 34.9 Å². The third-order valence-corrected chi connectivity index (χ3v) is 5.94. The van der Waals surface area contributed by atoms with Crippen molar-refractivity contribution in [2.75, 3.05) is 0 Å². The van der Waals surface area contributed by atoms with Gasteiger partial charge in [-0.3, -0.25) is 14.4 Å². The average molecular weight is 416 g/mol. The highest BCUT2D eigenvalue weighted by atomic mass is 35.5. The largest absolute Gasteiger partial charge is 0.325 e. The summed E-state index contributed by atoms with van der Waals surface area (Å²) in [5, 5.41) is 10.2. The lowest BCUT2D eigenvalue weighted by Crippen LogP contribution is -2.43. The van der Waals surface area contributed by atoms with Gasteiger partial charge < -0.3 is 5.32 Å². The Morgan fingerprint density at radius 3 is 2.82 bits per heavy atom. The van der Waals surface area contributed by atoms with Gasteiger partial charge in [-0.1, -0.05) is 30.7 Å². The smallest absolute Gasteiger partial charge is 0.319 e. The quantitative estimate of drug-likeness (QED) is 0.646. The van der Waals surface area contributed by atoms with E-state index in [4.69, 9.17) is 11.6 Å². The molecule has 144 valence electrons. The number of aromatic nitrogens is 3. The van der Waals surface area contributed by atoms with Crippen molar-refractivity contribution in [2.24, 2.45) is 7.05 Å². The first-order chi connectivity index (χ1) is 13.4. The van der Waals surface area contributed by atoms with Gasteiger partial charge in [-0.2, -0.15) is 5.10 Å². The molecule has 1 atom stereocenters. The Morgan fingerprint density at radius 2 is 2.14 bits per heavy atom. The SMILES string of the molecule is CCC1(c2cnn(C)c2)NC(=O)N(Cc2nc(-c3cccc(Cl)c3)cs2)C1=O. The minimum absolute atomic E-state index is 0.123. The van der Waals surface area contributed by atoms with Crippen LogP contribution in [0.15, 0.2) is 42.0 Å². The highest BCUT2D eigenvalue weighted by Gasteiger charge is 2.52. The fraction of sp³-hybridized carbons (Fsp3) is 0.263. The summed E-state index contributed by atoms with van der Waals surface area (Å²) in [6.45, 7) is 1.99. The van der Waals surface area contributed by atoms with Crippen LogP contribution >= 0.6 is 22.9 Å². The second kappa shape index (κ2) is 7.03. The summed E-state index contributed by atoms with van der Waals surface area (Å²) in [4.78, 5) is 31.6. The summed E-state index contributed by atoms with van der Waals surface area (Å²) in [5.74, 6) is -0.285. The molecule has 1 N–H and O–H groups in total. The number of carbonyl (C=O) groups is 2. The fourth-order valence-corrected chi connectivity index (χ4v) is 4.33. The van der Waals surface area contributed by atoms with Gasteiger partial charge in [0.25, 0.3) is 5.91 Å². The van der Waals surface area contributed by atoms with E-state index in [0.29, 0.717) is 22.0 Å². The predicted octanol–water partition coefficient (Wildman–Crippen LogP) is 3.55. The van der Waals surface area contributed by atoms with Gasteiger partial charge in [0.2, 0.25) is 0 Å². The van der Waals surface area contributed by atoms with Crippen LogP contribution in [0.5, 0.6) is 0 Å². The maximum Gasteiger partial charge on any atom is 0.325 e. The number of hydrogen-bond donors (Lipinski definition) is 1. The third kappa shape index (κ3) is 3.08. The molecule has 7 nitrogen and oxygen atoms in total. The highest BCUT2D eigenvalue weighted by molar-refractivity contribution is 7.09. The number of urea groups is 1. The number of rotatable bonds is 5. The predicted molar refractivity (Wildman–Crippen MR) is 107 cm³/mol. The molecule has 1 aliphatic rings. The zero-order valence-corrected chi connectivity index (χ0v) is 16.9. The second-order valence-corrected chi connectivity index (χ2v) is 8.00. The van der Waals surface area contributed by atoms with Crippen LogP contribution in [0.1, 0.15) is 23.9 Å². The molecule has 1 aliphatic heterocycles. The molecule has 9 heteroatoms. The van der Waals surface area contributed by atoms with Crippen molar-refractivity contribution in [1.82, 2.24) is 25.0 Å².